The quantitative estimate of drug-likeness (QED) is 0.570. The summed E-state index contributed by atoms with van der Waals surface area (Å²) in [7, 11) is 0. The molecular formula is C14H14O2. The van der Waals surface area contributed by atoms with Crippen LogP contribution in [0.5, 0.6) is 0 Å². The molecular weight excluding hydrogens is 200 g/mol. The Bertz CT molecular complexity index is 393. The molecule has 0 unspecified atom stereocenters. The van der Waals surface area contributed by atoms with E-state index in [1.165, 1.54) is 0 Å². The molecule has 0 bridgehead atoms. The normalized spacial score (nSPS) is 12.4. The van der Waals surface area contributed by atoms with E-state index in [0.29, 0.717) is 11.1 Å². The molecule has 0 aromatic heterocycles. The van der Waals surface area contributed by atoms with Crippen LogP contribution in [0.1, 0.15) is 25.0 Å². The average Bonchev–Trinajstić information content (AvgIpc) is 2.31. The van der Waals surface area contributed by atoms with Crippen LogP contribution in [0, 0.1) is 0 Å². The van der Waals surface area contributed by atoms with Crippen molar-refractivity contribution in [3.8, 4) is 0 Å². The van der Waals surface area contributed by atoms with Crippen molar-refractivity contribution in [1.29, 1.82) is 0 Å². The van der Waals surface area contributed by atoms with Crippen molar-refractivity contribution in [2.45, 2.75) is 13.8 Å². The highest BCUT2D eigenvalue weighted by atomic mass is 16.1. The molecule has 0 radical (unpaired) electrons. The Morgan fingerprint density at radius 3 is 1.38 bits per heavy atom. The third kappa shape index (κ3) is 3.65. The number of allylic oxidation sites excluding steroid dienone is 2. The molecule has 0 fully saturated rings. The molecule has 1 aromatic carbocycles. The van der Waals surface area contributed by atoms with Crippen molar-refractivity contribution in [2.24, 2.45) is 0 Å². The number of rotatable bonds is 4. The third-order valence-electron chi connectivity index (χ3n) is 2.10. The van der Waals surface area contributed by atoms with E-state index in [-0.39, 0.29) is 0 Å². The van der Waals surface area contributed by atoms with E-state index < -0.39 is 0 Å². The lowest BCUT2D eigenvalue weighted by atomic mass is 10.1. The molecule has 0 heterocycles. The second kappa shape index (κ2) is 5.81. The summed E-state index contributed by atoms with van der Waals surface area (Å²) in [6.45, 7) is 3.52. The molecule has 0 aliphatic heterocycles. The largest absolute Gasteiger partial charge is 0.298 e. The number of hydrogen-bond acceptors (Lipinski definition) is 2. The summed E-state index contributed by atoms with van der Waals surface area (Å²) in [5, 5.41) is 0. The van der Waals surface area contributed by atoms with Gasteiger partial charge in [0.15, 0.2) is 0 Å². The van der Waals surface area contributed by atoms with Gasteiger partial charge in [-0.25, -0.2) is 0 Å². The van der Waals surface area contributed by atoms with Gasteiger partial charge in [0.25, 0.3) is 0 Å². The van der Waals surface area contributed by atoms with E-state index in [0.717, 1.165) is 23.7 Å². The lowest BCUT2D eigenvalue weighted by Crippen LogP contribution is -1.81. The molecule has 0 atom stereocenters. The maximum absolute atomic E-state index is 10.4. The predicted octanol–water partition coefficient (Wildman–Crippen LogP) is 2.89. The van der Waals surface area contributed by atoms with Gasteiger partial charge in [-0.3, -0.25) is 9.59 Å². The van der Waals surface area contributed by atoms with E-state index in [1.54, 1.807) is 13.8 Å². The number of benzene rings is 1. The zero-order valence-corrected chi connectivity index (χ0v) is 9.44. The van der Waals surface area contributed by atoms with Crippen molar-refractivity contribution in [3.05, 3.63) is 46.5 Å². The molecule has 0 N–H and O–H groups in total. The minimum atomic E-state index is 0.687. The fraction of sp³-hybridized carbons (Fsp3) is 0.143. The number of carbonyl (C=O) groups is 2. The van der Waals surface area contributed by atoms with E-state index in [1.807, 2.05) is 36.4 Å². The Kier molecular flexibility index (Phi) is 4.40. The first-order chi connectivity index (χ1) is 7.65. The first kappa shape index (κ1) is 12.1. The molecule has 0 aliphatic carbocycles. The van der Waals surface area contributed by atoms with Gasteiger partial charge in [0.2, 0.25) is 0 Å². The van der Waals surface area contributed by atoms with Crippen molar-refractivity contribution >= 4 is 24.7 Å². The molecule has 16 heavy (non-hydrogen) atoms. The standard InChI is InChI=1S/C14H14O2/c1-11(9-15)7-13-3-5-14(6-4-13)8-12(2)10-16/h3-10H,1-2H3/b11-7+,12-8+. The number of aldehydes is 2. The Labute approximate surface area is 95.3 Å². The van der Waals surface area contributed by atoms with Crippen LogP contribution >= 0.6 is 0 Å². The smallest absolute Gasteiger partial charge is 0.145 e. The first-order valence-electron chi connectivity index (χ1n) is 5.02. The van der Waals surface area contributed by atoms with Crippen LogP contribution in [0.25, 0.3) is 12.2 Å². The molecule has 0 spiro atoms. The van der Waals surface area contributed by atoms with Gasteiger partial charge >= 0.3 is 0 Å². The molecule has 2 nitrogen and oxygen atoms in total. The van der Waals surface area contributed by atoms with Crippen LogP contribution in [0.2, 0.25) is 0 Å². The van der Waals surface area contributed by atoms with E-state index in [2.05, 4.69) is 0 Å². The van der Waals surface area contributed by atoms with E-state index >= 15 is 0 Å². The summed E-state index contributed by atoms with van der Waals surface area (Å²) >= 11 is 0. The Morgan fingerprint density at radius 1 is 0.812 bits per heavy atom. The number of carbonyl (C=O) groups excluding carboxylic acids is 2. The topological polar surface area (TPSA) is 34.1 Å². The Hall–Kier alpha value is -1.96. The average molecular weight is 214 g/mol. The van der Waals surface area contributed by atoms with Gasteiger partial charge in [-0.2, -0.15) is 0 Å². The summed E-state index contributed by atoms with van der Waals surface area (Å²) in [5.74, 6) is 0. The summed E-state index contributed by atoms with van der Waals surface area (Å²) in [5.41, 5.74) is 3.33. The minimum absolute atomic E-state index is 0.687. The third-order valence-corrected chi connectivity index (χ3v) is 2.10. The Balaban J connectivity index is 2.91. The lowest BCUT2D eigenvalue weighted by molar-refractivity contribution is -0.105. The molecule has 1 aromatic rings. The van der Waals surface area contributed by atoms with Crippen molar-refractivity contribution in [3.63, 3.8) is 0 Å². The molecule has 0 saturated carbocycles. The second-order valence-corrected chi connectivity index (χ2v) is 3.68. The SMILES string of the molecule is C/C(C=O)=C\c1ccc(/C=C(\C)C=O)cc1. The monoisotopic (exact) mass is 214 g/mol. The molecule has 0 amide bonds. The molecule has 2 heteroatoms. The van der Waals surface area contributed by atoms with Crippen LogP contribution in [0.4, 0.5) is 0 Å². The van der Waals surface area contributed by atoms with Crippen LogP contribution in [0.15, 0.2) is 35.4 Å². The Morgan fingerprint density at radius 2 is 1.12 bits per heavy atom. The summed E-state index contributed by atoms with van der Waals surface area (Å²) in [6, 6.07) is 7.65. The zero-order valence-electron chi connectivity index (χ0n) is 9.44. The van der Waals surface area contributed by atoms with E-state index in [9.17, 15) is 9.59 Å². The molecule has 1 rings (SSSR count). The zero-order chi connectivity index (χ0) is 12.0. The molecule has 0 aliphatic rings. The van der Waals surface area contributed by atoms with Crippen molar-refractivity contribution in [1.82, 2.24) is 0 Å². The van der Waals surface area contributed by atoms with Gasteiger partial charge in [-0.05, 0) is 48.3 Å². The van der Waals surface area contributed by atoms with Gasteiger partial charge in [-0.1, -0.05) is 24.3 Å². The van der Waals surface area contributed by atoms with Crippen LogP contribution < -0.4 is 0 Å². The predicted molar refractivity (Wildman–Crippen MR) is 65.9 cm³/mol. The van der Waals surface area contributed by atoms with Gasteiger partial charge in [0.1, 0.15) is 12.6 Å². The highest BCUT2D eigenvalue weighted by Gasteiger charge is 1.92. The maximum atomic E-state index is 10.4. The van der Waals surface area contributed by atoms with Crippen LogP contribution in [-0.2, 0) is 9.59 Å². The molecule has 82 valence electrons. The van der Waals surface area contributed by atoms with Crippen molar-refractivity contribution < 1.29 is 9.59 Å². The first-order valence-corrected chi connectivity index (χ1v) is 5.02. The van der Waals surface area contributed by atoms with Crippen LogP contribution in [-0.4, -0.2) is 12.6 Å². The lowest BCUT2D eigenvalue weighted by Gasteiger charge is -1.97. The summed E-state index contributed by atoms with van der Waals surface area (Å²) in [4.78, 5) is 20.9. The van der Waals surface area contributed by atoms with Crippen LogP contribution in [0.3, 0.4) is 0 Å². The minimum Gasteiger partial charge on any atom is -0.298 e. The van der Waals surface area contributed by atoms with Gasteiger partial charge in [-0.15, -0.1) is 0 Å². The van der Waals surface area contributed by atoms with E-state index in [4.69, 9.17) is 0 Å². The van der Waals surface area contributed by atoms with Crippen molar-refractivity contribution in [2.75, 3.05) is 0 Å². The molecule has 0 saturated heterocycles. The summed E-state index contributed by atoms with van der Waals surface area (Å²) in [6.07, 6.45) is 5.27. The second-order valence-electron chi connectivity index (χ2n) is 3.68. The fourth-order valence-electron chi connectivity index (χ4n) is 1.28. The van der Waals surface area contributed by atoms with Gasteiger partial charge in [0, 0.05) is 0 Å². The maximum Gasteiger partial charge on any atom is 0.145 e. The summed E-state index contributed by atoms with van der Waals surface area (Å²) < 4.78 is 0. The van der Waals surface area contributed by atoms with Gasteiger partial charge < -0.3 is 0 Å². The fourth-order valence-corrected chi connectivity index (χ4v) is 1.28. The van der Waals surface area contributed by atoms with Gasteiger partial charge in [0.05, 0.1) is 0 Å². The number of hydrogen-bond donors (Lipinski definition) is 0. The highest BCUT2D eigenvalue weighted by Crippen LogP contribution is 2.10. The highest BCUT2D eigenvalue weighted by molar-refractivity contribution is 5.82.